The molecule has 0 amide bonds. The number of aromatic hydroxyl groups is 1. The lowest BCUT2D eigenvalue weighted by molar-refractivity contribution is 0.455. The van der Waals surface area contributed by atoms with Gasteiger partial charge in [-0.2, -0.15) is 8.75 Å². The highest BCUT2D eigenvalue weighted by atomic mass is 35.5. The van der Waals surface area contributed by atoms with E-state index in [9.17, 15) is 13.5 Å². The van der Waals surface area contributed by atoms with Crippen LogP contribution in [-0.4, -0.2) is 50.6 Å². The highest BCUT2D eigenvalue weighted by molar-refractivity contribution is 7.89. The van der Waals surface area contributed by atoms with Crippen LogP contribution in [-0.2, 0) is 10.0 Å². The van der Waals surface area contributed by atoms with Gasteiger partial charge in [0.25, 0.3) is 0 Å². The fraction of sp³-hybridized carbons (Fsp3) is 0.238. The zero-order chi connectivity index (χ0) is 24.5. The van der Waals surface area contributed by atoms with E-state index < -0.39 is 20.7 Å². The van der Waals surface area contributed by atoms with E-state index in [0.717, 1.165) is 28.0 Å². The Morgan fingerprint density at radius 1 is 1.06 bits per heavy atom. The molecule has 10 nitrogen and oxygen atoms in total. The van der Waals surface area contributed by atoms with Crippen molar-refractivity contribution in [1.82, 2.24) is 23.0 Å². The standard InChI is InChI=1S/C21H22ClN7O3S2/c1-4-14(12-8-6-5-7-9-12)23-18-19(26-21-20(25-18)27-33-28-21)24-15-11-10-13(22)17(16(15)30)34(31,32)29(2)3/h5-11,14,30H,4H2,1-3H3,(H,23,25,27)(H,24,26,28)/t14-/m1/s1. The summed E-state index contributed by atoms with van der Waals surface area (Å²) in [5.74, 6) is 0.100. The summed E-state index contributed by atoms with van der Waals surface area (Å²) in [7, 11) is -1.29. The summed E-state index contributed by atoms with van der Waals surface area (Å²) in [6.45, 7) is 2.04. The van der Waals surface area contributed by atoms with E-state index in [0.29, 0.717) is 17.1 Å². The maximum absolute atomic E-state index is 12.7. The lowest BCUT2D eigenvalue weighted by atomic mass is 10.0. The number of anilines is 3. The molecule has 0 aliphatic rings. The molecule has 0 unspecified atom stereocenters. The molecule has 4 rings (SSSR count). The summed E-state index contributed by atoms with van der Waals surface area (Å²) in [5.41, 5.74) is 1.85. The lowest BCUT2D eigenvalue weighted by Gasteiger charge is -2.21. The molecular weight excluding hydrogens is 498 g/mol. The first kappa shape index (κ1) is 24.1. The van der Waals surface area contributed by atoms with Crippen LogP contribution >= 0.6 is 23.3 Å². The summed E-state index contributed by atoms with van der Waals surface area (Å²) < 4.78 is 34.7. The van der Waals surface area contributed by atoms with Crippen molar-refractivity contribution in [2.45, 2.75) is 24.3 Å². The van der Waals surface area contributed by atoms with Gasteiger partial charge in [-0.1, -0.05) is 48.9 Å². The maximum atomic E-state index is 12.7. The number of halogens is 1. The summed E-state index contributed by atoms with van der Waals surface area (Å²) in [6.07, 6.45) is 0.760. The van der Waals surface area contributed by atoms with Crippen molar-refractivity contribution in [3.05, 3.63) is 53.1 Å². The normalized spacial score (nSPS) is 12.7. The van der Waals surface area contributed by atoms with Gasteiger partial charge in [0.2, 0.25) is 21.3 Å². The molecule has 0 radical (unpaired) electrons. The Bertz CT molecular complexity index is 1430. The van der Waals surface area contributed by atoms with Crippen LogP contribution in [0.15, 0.2) is 47.4 Å². The Labute approximate surface area is 206 Å². The fourth-order valence-electron chi connectivity index (χ4n) is 3.30. The lowest BCUT2D eigenvalue weighted by Crippen LogP contribution is -2.22. The third kappa shape index (κ3) is 4.62. The molecule has 2 aromatic heterocycles. The van der Waals surface area contributed by atoms with E-state index in [4.69, 9.17) is 11.6 Å². The van der Waals surface area contributed by atoms with Crippen molar-refractivity contribution in [2.24, 2.45) is 0 Å². The second-order valence-electron chi connectivity index (χ2n) is 7.53. The van der Waals surface area contributed by atoms with Gasteiger partial charge in [0.15, 0.2) is 17.4 Å². The summed E-state index contributed by atoms with van der Waals surface area (Å²) in [6, 6.07) is 12.6. The van der Waals surface area contributed by atoms with E-state index in [2.05, 4.69) is 29.3 Å². The van der Waals surface area contributed by atoms with Crippen LogP contribution < -0.4 is 10.6 Å². The minimum atomic E-state index is -4.01. The first-order valence-corrected chi connectivity index (χ1v) is 12.8. The number of nitrogens with one attached hydrogen (secondary N) is 2. The molecule has 0 bridgehead atoms. The number of phenols is 1. The summed E-state index contributed by atoms with van der Waals surface area (Å²) in [4.78, 5) is 8.65. The number of fused-ring (bicyclic) bond motifs is 1. The van der Waals surface area contributed by atoms with Gasteiger partial charge in [-0.25, -0.2) is 22.7 Å². The monoisotopic (exact) mass is 519 g/mol. The number of rotatable bonds is 8. The average Bonchev–Trinajstić information content (AvgIpc) is 3.26. The maximum Gasteiger partial charge on any atom is 0.247 e. The highest BCUT2D eigenvalue weighted by Gasteiger charge is 2.27. The van der Waals surface area contributed by atoms with Gasteiger partial charge in [0.05, 0.1) is 28.5 Å². The van der Waals surface area contributed by atoms with Crippen molar-refractivity contribution in [3.8, 4) is 5.75 Å². The van der Waals surface area contributed by atoms with E-state index in [1.807, 2.05) is 37.3 Å². The second-order valence-corrected chi connectivity index (χ2v) is 10.6. The summed E-state index contributed by atoms with van der Waals surface area (Å²) in [5, 5.41) is 17.1. The van der Waals surface area contributed by atoms with Crippen molar-refractivity contribution < 1.29 is 13.5 Å². The van der Waals surface area contributed by atoms with Crippen molar-refractivity contribution >= 4 is 62.0 Å². The number of hydrogen-bond acceptors (Lipinski definition) is 10. The number of benzene rings is 2. The minimum absolute atomic E-state index is 0.0800. The Morgan fingerprint density at radius 3 is 2.32 bits per heavy atom. The van der Waals surface area contributed by atoms with Crippen molar-refractivity contribution in [2.75, 3.05) is 24.7 Å². The van der Waals surface area contributed by atoms with Gasteiger partial charge in [0, 0.05) is 14.1 Å². The molecule has 0 aliphatic heterocycles. The van der Waals surface area contributed by atoms with Crippen LogP contribution in [0.1, 0.15) is 24.9 Å². The van der Waals surface area contributed by atoms with Crippen LogP contribution in [0.3, 0.4) is 0 Å². The number of phenolic OH excluding ortho intramolecular Hbond substituents is 1. The zero-order valence-corrected chi connectivity index (χ0v) is 20.9. The molecular formula is C21H22ClN7O3S2. The molecule has 4 aromatic rings. The van der Waals surface area contributed by atoms with Gasteiger partial charge in [0.1, 0.15) is 4.90 Å². The van der Waals surface area contributed by atoms with E-state index >= 15 is 0 Å². The van der Waals surface area contributed by atoms with E-state index in [1.54, 1.807) is 0 Å². The first-order chi connectivity index (χ1) is 16.2. The van der Waals surface area contributed by atoms with Crippen molar-refractivity contribution in [1.29, 1.82) is 0 Å². The molecule has 34 heavy (non-hydrogen) atoms. The van der Waals surface area contributed by atoms with Crippen LogP contribution in [0, 0.1) is 0 Å². The SMILES string of the molecule is CC[C@@H](Nc1nc2nsnc2nc1Nc1ccc(Cl)c(S(=O)(=O)N(C)C)c1O)c1ccccc1. The van der Waals surface area contributed by atoms with E-state index in [1.165, 1.54) is 26.2 Å². The average molecular weight is 520 g/mol. The Balaban J connectivity index is 1.78. The van der Waals surface area contributed by atoms with Gasteiger partial charge >= 0.3 is 0 Å². The third-order valence-corrected chi connectivity index (χ3v) is 7.94. The largest absolute Gasteiger partial charge is 0.504 e. The molecule has 178 valence electrons. The number of nitrogens with zero attached hydrogens (tertiary/aromatic N) is 5. The molecule has 0 saturated heterocycles. The van der Waals surface area contributed by atoms with E-state index in [-0.39, 0.29) is 22.6 Å². The number of aromatic nitrogens is 4. The molecule has 0 aliphatic carbocycles. The van der Waals surface area contributed by atoms with Crippen molar-refractivity contribution in [3.63, 3.8) is 0 Å². The third-order valence-electron chi connectivity index (χ3n) is 5.11. The molecule has 0 saturated carbocycles. The molecule has 0 fully saturated rings. The Morgan fingerprint density at radius 2 is 1.71 bits per heavy atom. The second kappa shape index (κ2) is 9.66. The Hall–Kier alpha value is -3.06. The predicted molar refractivity (Wildman–Crippen MR) is 133 cm³/mol. The van der Waals surface area contributed by atoms with Crippen LogP contribution in [0.2, 0.25) is 5.02 Å². The van der Waals surface area contributed by atoms with Crippen LogP contribution in [0.25, 0.3) is 11.3 Å². The zero-order valence-electron chi connectivity index (χ0n) is 18.5. The van der Waals surface area contributed by atoms with Gasteiger partial charge in [-0.3, -0.25) is 0 Å². The topological polar surface area (TPSA) is 133 Å². The van der Waals surface area contributed by atoms with Crippen LogP contribution in [0.4, 0.5) is 17.3 Å². The molecule has 0 spiro atoms. The van der Waals surface area contributed by atoms with Gasteiger partial charge in [-0.05, 0) is 24.1 Å². The Kier molecular flexibility index (Phi) is 6.84. The minimum Gasteiger partial charge on any atom is -0.504 e. The van der Waals surface area contributed by atoms with Gasteiger partial charge in [-0.15, -0.1) is 0 Å². The highest BCUT2D eigenvalue weighted by Crippen LogP contribution is 2.40. The summed E-state index contributed by atoms with van der Waals surface area (Å²) >= 11 is 7.11. The first-order valence-electron chi connectivity index (χ1n) is 10.2. The fourth-order valence-corrected chi connectivity index (χ4v) is 5.22. The number of sulfonamides is 1. The quantitative estimate of drug-likeness (QED) is 0.289. The molecule has 13 heteroatoms. The molecule has 2 aromatic carbocycles. The van der Waals surface area contributed by atoms with Crippen LogP contribution in [0.5, 0.6) is 5.75 Å². The molecule has 3 N–H and O–H groups in total. The molecule has 2 heterocycles. The van der Waals surface area contributed by atoms with Gasteiger partial charge < -0.3 is 15.7 Å². The number of hydrogen-bond donors (Lipinski definition) is 3. The molecule has 1 atom stereocenters. The smallest absolute Gasteiger partial charge is 0.247 e. The predicted octanol–water partition coefficient (Wildman–Crippen LogP) is 4.40.